The quantitative estimate of drug-likeness (QED) is 0.876. The van der Waals surface area contributed by atoms with Crippen molar-refractivity contribution in [2.75, 3.05) is 5.32 Å². The van der Waals surface area contributed by atoms with Gasteiger partial charge in [0.25, 0.3) is 0 Å². The lowest BCUT2D eigenvalue weighted by molar-refractivity contribution is -0.136. The number of nitrogens with one attached hydrogen (secondary N) is 1. The minimum Gasteiger partial charge on any atom is -0.481 e. The highest BCUT2D eigenvalue weighted by atomic mass is 35.5. The Bertz CT molecular complexity index is 678. The zero-order valence-corrected chi connectivity index (χ0v) is 12.5. The molecule has 0 spiro atoms. The Kier molecular flexibility index (Phi) is 4.48. The van der Waals surface area contributed by atoms with Crippen LogP contribution in [0.1, 0.15) is 16.7 Å². The molecule has 2 rings (SSSR count). The molecule has 0 aliphatic heterocycles. The van der Waals surface area contributed by atoms with Gasteiger partial charge in [-0.2, -0.15) is 0 Å². The Labute approximate surface area is 127 Å². The minimum atomic E-state index is -0.912. The molecule has 0 radical (unpaired) electrons. The molecule has 0 saturated heterocycles. The third kappa shape index (κ3) is 3.73. The maximum atomic E-state index is 13.3. The summed E-state index contributed by atoms with van der Waals surface area (Å²) in [5, 5.41) is 12.4. The number of benzene rings is 2. The first-order chi connectivity index (χ1) is 9.86. The highest BCUT2D eigenvalue weighted by molar-refractivity contribution is 6.33. The molecule has 2 aromatic carbocycles. The molecule has 0 atom stereocenters. The average Bonchev–Trinajstić information content (AvgIpc) is 2.35. The number of anilines is 2. The van der Waals surface area contributed by atoms with Crippen molar-refractivity contribution in [1.82, 2.24) is 0 Å². The number of aryl methyl sites for hydroxylation is 2. The molecule has 0 heterocycles. The molecule has 3 nitrogen and oxygen atoms in total. The van der Waals surface area contributed by atoms with Crippen LogP contribution in [0.25, 0.3) is 0 Å². The van der Waals surface area contributed by atoms with Gasteiger partial charge < -0.3 is 10.4 Å². The summed E-state index contributed by atoms with van der Waals surface area (Å²) in [6.07, 6.45) is -0.0954. The van der Waals surface area contributed by atoms with Gasteiger partial charge in [0.15, 0.2) is 0 Å². The number of hydrogen-bond donors (Lipinski definition) is 2. The fourth-order valence-corrected chi connectivity index (χ4v) is 2.45. The Morgan fingerprint density at radius 1 is 1.29 bits per heavy atom. The summed E-state index contributed by atoms with van der Waals surface area (Å²) >= 11 is 6.06. The van der Waals surface area contributed by atoms with E-state index in [0.717, 1.165) is 5.56 Å². The molecule has 0 amide bonds. The van der Waals surface area contributed by atoms with Gasteiger partial charge in [-0.3, -0.25) is 4.79 Å². The largest absolute Gasteiger partial charge is 0.481 e. The van der Waals surface area contributed by atoms with Crippen LogP contribution in [0.4, 0.5) is 15.8 Å². The maximum absolute atomic E-state index is 13.3. The molecule has 0 aromatic heterocycles. The maximum Gasteiger partial charge on any atom is 0.307 e. The fourth-order valence-electron chi connectivity index (χ4n) is 2.15. The summed E-state index contributed by atoms with van der Waals surface area (Å²) in [5.41, 5.74) is 3.51. The van der Waals surface area contributed by atoms with Crippen LogP contribution in [0.3, 0.4) is 0 Å². The number of carbonyl (C=O) groups is 1. The number of halogens is 2. The summed E-state index contributed by atoms with van der Waals surface area (Å²) < 4.78 is 13.3. The molecule has 0 bridgehead atoms. The van der Waals surface area contributed by atoms with E-state index in [1.165, 1.54) is 12.1 Å². The lowest BCUT2D eigenvalue weighted by Crippen LogP contribution is -2.05. The zero-order valence-electron chi connectivity index (χ0n) is 11.7. The summed E-state index contributed by atoms with van der Waals surface area (Å²) in [4.78, 5) is 11.0. The van der Waals surface area contributed by atoms with Crippen molar-refractivity contribution in [3.05, 3.63) is 57.9 Å². The van der Waals surface area contributed by atoms with E-state index < -0.39 is 11.8 Å². The number of carboxylic acids is 1. The van der Waals surface area contributed by atoms with Crippen molar-refractivity contribution in [2.45, 2.75) is 20.3 Å². The Morgan fingerprint density at radius 2 is 2.00 bits per heavy atom. The van der Waals surface area contributed by atoms with Crippen molar-refractivity contribution in [3.8, 4) is 0 Å². The van der Waals surface area contributed by atoms with Gasteiger partial charge in [0, 0.05) is 5.69 Å². The van der Waals surface area contributed by atoms with Crippen molar-refractivity contribution in [3.63, 3.8) is 0 Å². The van der Waals surface area contributed by atoms with Crippen LogP contribution in [-0.4, -0.2) is 11.1 Å². The second-order valence-corrected chi connectivity index (χ2v) is 5.34. The van der Waals surface area contributed by atoms with Crippen LogP contribution in [0.2, 0.25) is 5.02 Å². The van der Waals surface area contributed by atoms with Gasteiger partial charge >= 0.3 is 5.97 Å². The van der Waals surface area contributed by atoms with Crippen LogP contribution >= 0.6 is 11.6 Å². The Hall–Kier alpha value is -2.07. The molecule has 0 saturated carbocycles. The third-order valence-corrected chi connectivity index (χ3v) is 3.41. The van der Waals surface area contributed by atoms with Crippen LogP contribution in [-0.2, 0) is 11.2 Å². The Morgan fingerprint density at radius 3 is 2.62 bits per heavy atom. The zero-order chi connectivity index (χ0) is 15.6. The topological polar surface area (TPSA) is 49.3 Å². The molecule has 5 heteroatoms. The van der Waals surface area contributed by atoms with Crippen molar-refractivity contribution in [1.29, 1.82) is 0 Å². The van der Waals surface area contributed by atoms with Crippen molar-refractivity contribution < 1.29 is 14.3 Å². The van der Waals surface area contributed by atoms with E-state index in [1.807, 2.05) is 19.1 Å². The van der Waals surface area contributed by atoms with Crippen LogP contribution in [0.5, 0.6) is 0 Å². The first-order valence-corrected chi connectivity index (χ1v) is 6.78. The first kappa shape index (κ1) is 15.3. The predicted octanol–water partition coefficient (Wildman–Crippen LogP) is 4.47. The van der Waals surface area contributed by atoms with E-state index in [4.69, 9.17) is 16.7 Å². The molecule has 2 N–H and O–H groups in total. The molecular weight excluding hydrogens is 293 g/mol. The molecule has 0 unspecified atom stereocenters. The Balaban J connectivity index is 2.42. The number of aliphatic carboxylic acids is 1. The summed E-state index contributed by atoms with van der Waals surface area (Å²) in [5.74, 6) is -1.32. The summed E-state index contributed by atoms with van der Waals surface area (Å²) in [6, 6.07) is 8.08. The average molecular weight is 308 g/mol. The first-order valence-electron chi connectivity index (χ1n) is 6.41. The second-order valence-electron chi connectivity index (χ2n) is 4.94. The standard InChI is InChI=1S/C16H15ClFNO2/c1-9-3-4-14(11(5-9)7-15(20)21)19-16-10(2)6-12(18)8-13(16)17/h3-6,8,19H,7H2,1-2H3,(H,20,21). The van der Waals surface area contributed by atoms with Crippen LogP contribution in [0.15, 0.2) is 30.3 Å². The van der Waals surface area contributed by atoms with E-state index in [0.29, 0.717) is 22.5 Å². The van der Waals surface area contributed by atoms with Gasteiger partial charge in [-0.1, -0.05) is 29.3 Å². The lowest BCUT2D eigenvalue weighted by Gasteiger charge is -2.15. The molecule has 0 fully saturated rings. The van der Waals surface area contributed by atoms with E-state index in [2.05, 4.69) is 5.32 Å². The molecule has 0 aliphatic carbocycles. The van der Waals surface area contributed by atoms with E-state index >= 15 is 0 Å². The van der Waals surface area contributed by atoms with Gasteiger partial charge in [0.2, 0.25) is 0 Å². The van der Waals surface area contributed by atoms with E-state index in [9.17, 15) is 9.18 Å². The minimum absolute atomic E-state index is 0.0954. The molecule has 110 valence electrons. The number of carboxylic acid groups (broad SMARTS) is 1. The van der Waals surface area contributed by atoms with Gasteiger partial charge in [0.05, 0.1) is 17.1 Å². The van der Waals surface area contributed by atoms with E-state index in [-0.39, 0.29) is 11.4 Å². The third-order valence-electron chi connectivity index (χ3n) is 3.11. The fraction of sp³-hybridized carbons (Fsp3) is 0.188. The smallest absolute Gasteiger partial charge is 0.307 e. The predicted molar refractivity (Wildman–Crippen MR) is 81.9 cm³/mol. The number of hydrogen-bond acceptors (Lipinski definition) is 2. The van der Waals surface area contributed by atoms with Gasteiger partial charge in [0.1, 0.15) is 5.82 Å². The van der Waals surface area contributed by atoms with Crippen LogP contribution < -0.4 is 5.32 Å². The summed E-state index contributed by atoms with van der Waals surface area (Å²) in [6.45, 7) is 3.63. The second kappa shape index (κ2) is 6.14. The normalized spacial score (nSPS) is 10.5. The summed E-state index contributed by atoms with van der Waals surface area (Å²) in [7, 11) is 0. The number of rotatable bonds is 4. The molecular formula is C16H15ClFNO2. The van der Waals surface area contributed by atoms with E-state index in [1.54, 1.807) is 13.0 Å². The SMILES string of the molecule is Cc1ccc(Nc2c(C)cc(F)cc2Cl)c(CC(=O)O)c1. The highest BCUT2D eigenvalue weighted by Gasteiger charge is 2.11. The van der Waals surface area contributed by atoms with Crippen molar-refractivity contribution >= 4 is 28.9 Å². The van der Waals surface area contributed by atoms with Gasteiger partial charge in [-0.25, -0.2) is 4.39 Å². The molecule has 2 aromatic rings. The lowest BCUT2D eigenvalue weighted by atomic mass is 10.1. The monoisotopic (exact) mass is 307 g/mol. The highest BCUT2D eigenvalue weighted by Crippen LogP contribution is 2.31. The molecule has 21 heavy (non-hydrogen) atoms. The van der Waals surface area contributed by atoms with Crippen molar-refractivity contribution in [2.24, 2.45) is 0 Å². The van der Waals surface area contributed by atoms with Crippen LogP contribution in [0, 0.1) is 19.7 Å². The molecule has 0 aliphatic rings. The van der Waals surface area contributed by atoms with Gasteiger partial charge in [-0.15, -0.1) is 0 Å². The van der Waals surface area contributed by atoms with Gasteiger partial charge in [-0.05, 0) is 43.2 Å².